The van der Waals surface area contributed by atoms with Crippen molar-refractivity contribution in [3.63, 3.8) is 0 Å². The van der Waals surface area contributed by atoms with Crippen LogP contribution < -0.4 is 0 Å². The molecule has 1 aromatic heterocycles. The smallest absolute Gasteiger partial charge is 0.410 e. The van der Waals surface area contributed by atoms with Crippen molar-refractivity contribution in [1.82, 2.24) is 24.7 Å². The molecule has 2 fully saturated rings. The van der Waals surface area contributed by atoms with E-state index in [1.165, 1.54) is 0 Å². The number of benzene rings is 1. The fourth-order valence-electron chi connectivity index (χ4n) is 4.61. The van der Waals surface area contributed by atoms with Gasteiger partial charge >= 0.3 is 6.09 Å². The second-order valence-corrected chi connectivity index (χ2v) is 10.2. The van der Waals surface area contributed by atoms with Gasteiger partial charge in [-0.15, -0.1) is 0 Å². The van der Waals surface area contributed by atoms with Gasteiger partial charge in [0, 0.05) is 52.1 Å². The van der Waals surface area contributed by atoms with Gasteiger partial charge in [0.2, 0.25) is 11.8 Å². The average Bonchev–Trinajstić information content (AvgIpc) is 3.24. The highest BCUT2D eigenvalue weighted by atomic mass is 16.6. The Morgan fingerprint density at radius 3 is 2.44 bits per heavy atom. The van der Waals surface area contributed by atoms with Crippen LogP contribution in [0.25, 0.3) is 11.0 Å². The fraction of sp³-hybridized carbons (Fsp3) is 0.600. The van der Waals surface area contributed by atoms with E-state index in [0.717, 1.165) is 29.7 Å². The molecule has 0 aliphatic carbocycles. The van der Waals surface area contributed by atoms with E-state index in [9.17, 15) is 14.4 Å². The molecule has 3 heterocycles. The highest BCUT2D eigenvalue weighted by Crippen LogP contribution is 2.21. The summed E-state index contributed by atoms with van der Waals surface area (Å²) in [6, 6.07) is 7.82. The SMILES string of the molecule is CC(C)(C)OC(=O)N1CCN(C(=O)C2CCCN(C(=O)CCc3nc4ccccc4[nH]3)C2)CC1. The molecule has 34 heavy (non-hydrogen) atoms. The van der Waals surface area contributed by atoms with Gasteiger partial charge in [0.05, 0.1) is 17.0 Å². The molecule has 0 radical (unpaired) electrons. The minimum absolute atomic E-state index is 0.0627. The molecule has 2 aliphatic rings. The number of fused-ring (bicyclic) bond motifs is 1. The van der Waals surface area contributed by atoms with Crippen molar-refractivity contribution in [3.05, 3.63) is 30.1 Å². The van der Waals surface area contributed by atoms with Crippen LogP contribution in [0.5, 0.6) is 0 Å². The van der Waals surface area contributed by atoms with Crippen LogP contribution in [0.3, 0.4) is 0 Å². The zero-order valence-corrected chi connectivity index (χ0v) is 20.4. The maximum absolute atomic E-state index is 13.1. The molecule has 1 unspecified atom stereocenters. The van der Waals surface area contributed by atoms with Gasteiger partial charge in [-0.2, -0.15) is 0 Å². The highest BCUT2D eigenvalue weighted by molar-refractivity contribution is 5.82. The van der Waals surface area contributed by atoms with E-state index in [2.05, 4.69) is 9.97 Å². The number of aromatic nitrogens is 2. The van der Waals surface area contributed by atoms with Crippen LogP contribution in [0.2, 0.25) is 0 Å². The van der Waals surface area contributed by atoms with Crippen LogP contribution in [0.4, 0.5) is 4.79 Å². The lowest BCUT2D eigenvalue weighted by Gasteiger charge is -2.39. The molecule has 1 aromatic carbocycles. The zero-order valence-electron chi connectivity index (χ0n) is 20.4. The number of carbonyl (C=O) groups excluding carboxylic acids is 3. The number of nitrogens with zero attached hydrogens (tertiary/aromatic N) is 4. The third kappa shape index (κ3) is 5.87. The third-order valence-corrected chi connectivity index (χ3v) is 6.38. The first-order valence-corrected chi connectivity index (χ1v) is 12.2. The summed E-state index contributed by atoms with van der Waals surface area (Å²) in [5.74, 6) is 0.769. The quantitative estimate of drug-likeness (QED) is 0.742. The number of nitrogens with one attached hydrogen (secondary N) is 1. The first-order chi connectivity index (χ1) is 16.2. The molecular formula is C25H35N5O4. The number of aromatic amines is 1. The van der Waals surface area contributed by atoms with Gasteiger partial charge in [0.25, 0.3) is 0 Å². The summed E-state index contributed by atoms with van der Waals surface area (Å²) >= 11 is 0. The molecule has 0 bridgehead atoms. The topological polar surface area (TPSA) is 98.8 Å². The van der Waals surface area contributed by atoms with Crippen molar-refractivity contribution < 1.29 is 19.1 Å². The summed E-state index contributed by atoms with van der Waals surface area (Å²) in [6.07, 6.45) is 2.20. The van der Waals surface area contributed by atoms with Gasteiger partial charge in [-0.3, -0.25) is 9.59 Å². The molecule has 3 amide bonds. The Morgan fingerprint density at radius 2 is 1.74 bits per heavy atom. The van der Waals surface area contributed by atoms with Gasteiger partial charge in [-0.05, 0) is 45.7 Å². The van der Waals surface area contributed by atoms with Crippen LogP contribution in [0, 0.1) is 5.92 Å². The number of imidazole rings is 1. The van der Waals surface area contributed by atoms with Crippen molar-refractivity contribution in [1.29, 1.82) is 0 Å². The Balaban J connectivity index is 1.25. The van der Waals surface area contributed by atoms with Crippen LogP contribution in [-0.4, -0.2) is 87.4 Å². The highest BCUT2D eigenvalue weighted by Gasteiger charge is 2.34. The molecule has 0 spiro atoms. The van der Waals surface area contributed by atoms with E-state index in [0.29, 0.717) is 52.1 Å². The monoisotopic (exact) mass is 469 g/mol. The lowest BCUT2D eigenvalue weighted by molar-refractivity contribution is -0.142. The van der Waals surface area contributed by atoms with Gasteiger partial charge in [0.1, 0.15) is 11.4 Å². The maximum atomic E-state index is 13.1. The van der Waals surface area contributed by atoms with E-state index in [4.69, 9.17) is 4.74 Å². The Hall–Kier alpha value is -3.10. The summed E-state index contributed by atoms with van der Waals surface area (Å²) < 4.78 is 5.43. The summed E-state index contributed by atoms with van der Waals surface area (Å²) in [6.45, 7) is 8.61. The minimum atomic E-state index is -0.535. The number of para-hydroxylation sites is 2. The molecular weight excluding hydrogens is 434 g/mol. The largest absolute Gasteiger partial charge is 0.444 e. The first-order valence-electron chi connectivity index (χ1n) is 12.2. The van der Waals surface area contributed by atoms with Gasteiger partial charge in [0.15, 0.2) is 0 Å². The zero-order chi connectivity index (χ0) is 24.3. The van der Waals surface area contributed by atoms with E-state index in [1.807, 2.05) is 54.8 Å². The number of piperazine rings is 1. The molecule has 1 N–H and O–H groups in total. The second-order valence-electron chi connectivity index (χ2n) is 10.2. The lowest BCUT2D eigenvalue weighted by atomic mass is 9.95. The first kappa shape index (κ1) is 24.0. The number of piperidine rings is 1. The summed E-state index contributed by atoms with van der Waals surface area (Å²) in [5.41, 5.74) is 1.34. The number of likely N-dealkylation sites (tertiary alicyclic amines) is 1. The number of ether oxygens (including phenoxy) is 1. The van der Waals surface area contributed by atoms with Gasteiger partial charge < -0.3 is 24.4 Å². The molecule has 9 heteroatoms. The Morgan fingerprint density at radius 1 is 1.03 bits per heavy atom. The van der Waals surface area contributed by atoms with Crippen LogP contribution >= 0.6 is 0 Å². The predicted octanol–water partition coefficient (Wildman–Crippen LogP) is 2.81. The molecule has 184 valence electrons. The number of carbonyl (C=O) groups is 3. The van der Waals surface area contributed by atoms with Crippen LogP contribution in [-0.2, 0) is 20.7 Å². The summed E-state index contributed by atoms with van der Waals surface area (Å²) in [5, 5.41) is 0. The number of aryl methyl sites for hydroxylation is 1. The van der Waals surface area contributed by atoms with Crippen molar-refractivity contribution in [3.8, 4) is 0 Å². The molecule has 9 nitrogen and oxygen atoms in total. The van der Waals surface area contributed by atoms with Crippen molar-refractivity contribution >= 4 is 28.9 Å². The van der Waals surface area contributed by atoms with E-state index < -0.39 is 5.60 Å². The minimum Gasteiger partial charge on any atom is -0.444 e. The second kappa shape index (κ2) is 10.0. The van der Waals surface area contributed by atoms with Crippen molar-refractivity contribution in [2.45, 2.75) is 52.1 Å². The fourth-order valence-corrected chi connectivity index (χ4v) is 4.61. The van der Waals surface area contributed by atoms with Crippen molar-refractivity contribution in [2.24, 2.45) is 5.92 Å². The number of hydrogen-bond acceptors (Lipinski definition) is 5. The normalized spacial score (nSPS) is 19.4. The van der Waals surface area contributed by atoms with E-state index in [-0.39, 0.29) is 23.8 Å². The average molecular weight is 470 g/mol. The van der Waals surface area contributed by atoms with E-state index >= 15 is 0 Å². The molecule has 2 saturated heterocycles. The van der Waals surface area contributed by atoms with Gasteiger partial charge in [-0.1, -0.05) is 12.1 Å². The molecule has 2 aliphatic heterocycles. The Labute approximate surface area is 200 Å². The molecule has 2 aromatic rings. The van der Waals surface area contributed by atoms with E-state index in [1.54, 1.807) is 4.90 Å². The van der Waals surface area contributed by atoms with Crippen LogP contribution in [0.15, 0.2) is 24.3 Å². The number of hydrogen-bond donors (Lipinski definition) is 1. The summed E-state index contributed by atoms with van der Waals surface area (Å²) in [7, 11) is 0. The molecule has 1 atom stereocenters. The predicted molar refractivity (Wildman–Crippen MR) is 128 cm³/mol. The number of H-pyrrole nitrogens is 1. The van der Waals surface area contributed by atoms with Gasteiger partial charge in [-0.25, -0.2) is 9.78 Å². The maximum Gasteiger partial charge on any atom is 0.410 e. The van der Waals surface area contributed by atoms with Crippen LogP contribution in [0.1, 0.15) is 45.9 Å². The van der Waals surface area contributed by atoms with Crippen molar-refractivity contribution in [2.75, 3.05) is 39.3 Å². The number of rotatable bonds is 4. The third-order valence-electron chi connectivity index (χ3n) is 6.38. The molecule has 4 rings (SSSR count). The summed E-state index contributed by atoms with van der Waals surface area (Å²) in [4.78, 5) is 51.4. The standard InChI is InChI=1S/C25H35N5O4/c1-25(2,3)34-24(33)29-15-13-28(14-16-29)23(32)18-7-6-12-30(17-18)22(31)11-10-21-26-19-8-4-5-9-20(19)27-21/h4-5,8-9,18H,6-7,10-17H2,1-3H3,(H,26,27). The Kier molecular flexibility index (Phi) is 7.09. The molecule has 0 saturated carbocycles. The number of amides is 3. The lowest BCUT2D eigenvalue weighted by Crippen LogP contribution is -2.54. The Bertz CT molecular complexity index is 1000.